The Morgan fingerprint density at radius 1 is 1.08 bits per heavy atom. The quantitative estimate of drug-likeness (QED) is 0.665. The molecule has 0 spiro atoms. The third-order valence-electron chi connectivity index (χ3n) is 4.21. The zero-order valence-corrected chi connectivity index (χ0v) is 14.7. The minimum atomic E-state index is -0.182. The lowest BCUT2D eigenvalue weighted by Gasteiger charge is -2.21. The molecule has 3 N–H and O–H groups in total. The number of nitrogens with one attached hydrogen (secondary N) is 3. The van der Waals surface area contributed by atoms with Gasteiger partial charge in [-0.3, -0.25) is 0 Å². The molecular formula is C19H20N6O. The SMILES string of the molecule is CCNc1nnc2c(n1)NC(c1cccc(OC)c1)Nc1ccccc1-2. The van der Waals surface area contributed by atoms with Crippen molar-refractivity contribution in [1.82, 2.24) is 15.2 Å². The molecule has 132 valence electrons. The largest absolute Gasteiger partial charge is 0.497 e. The molecule has 1 aromatic heterocycles. The summed E-state index contributed by atoms with van der Waals surface area (Å²) in [6.45, 7) is 2.73. The van der Waals surface area contributed by atoms with Crippen LogP contribution in [0.25, 0.3) is 11.3 Å². The van der Waals surface area contributed by atoms with E-state index in [4.69, 9.17) is 4.74 Å². The molecule has 7 nitrogen and oxygen atoms in total. The first-order valence-corrected chi connectivity index (χ1v) is 8.53. The van der Waals surface area contributed by atoms with Crippen LogP contribution in [0.3, 0.4) is 0 Å². The molecule has 1 unspecified atom stereocenters. The Bertz CT molecular complexity index is 929. The molecule has 2 aromatic carbocycles. The van der Waals surface area contributed by atoms with E-state index in [1.807, 2.05) is 55.5 Å². The maximum atomic E-state index is 5.36. The number of nitrogens with zero attached hydrogens (tertiary/aromatic N) is 3. The van der Waals surface area contributed by atoms with E-state index in [2.05, 4.69) is 31.1 Å². The fraction of sp³-hybridized carbons (Fsp3) is 0.211. The minimum absolute atomic E-state index is 0.182. The summed E-state index contributed by atoms with van der Waals surface area (Å²) in [5.74, 6) is 1.99. The van der Waals surface area contributed by atoms with Crippen molar-refractivity contribution in [1.29, 1.82) is 0 Å². The van der Waals surface area contributed by atoms with Crippen LogP contribution in [-0.4, -0.2) is 28.8 Å². The number of rotatable bonds is 4. The van der Waals surface area contributed by atoms with Gasteiger partial charge in [-0.2, -0.15) is 4.98 Å². The van der Waals surface area contributed by atoms with Crippen molar-refractivity contribution in [2.45, 2.75) is 13.1 Å². The Morgan fingerprint density at radius 2 is 1.96 bits per heavy atom. The number of benzene rings is 2. The Balaban J connectivity index is 1.82. The summed E-state index contributed by atoms with van der Waals surface area (Å²) in [6.07, 6.45) is -0.182. The van der Waals surface area contributed by atoms with Crippen LogP contribution in [0.4, 0.5) is 17.5 Å². The van der Waals surface area contributed by atoms with Crippen LogP contribution >= 0.6 is 0 Å². The zero-order chi connectivity index (χ0) is 17.9. The van der Waals surface area contributed by atoms with E-state index in [0.717, 1.165) is 34.8 Å². The van der Waals surface area contributed by atoms with Gasteiger partial charge in [0.25, 0.3) is 0 Å². The average Bonchev–Trinajstić information content (AvgIpc) is 2.85. The molecule has 1 aliphatic rings. The van der Waals surface area contributed by atoms with E-state index in [1.165, 1.54) is 0 Å². The zero-order valence-electron chi connectivity index (χ0n) is 14.7. The number of aromatic nitrogens is 3. The second kappa shape index (κ2) is 6.87. The van der Waals surface area contributed by atoms with Crippen LogP contribution in [0.1, 0.15) is 18.7 Å². The fourth-order valence-electron chi connectivity index (χ4n) is 2.97. The standard InChI is InChI=1S/C19H20N6O/c1-3-20-19-23-18-16(24-25-19)14-9-4-5-10-15(14)21-17(22-18)12-7-6-8-13(11-12)26-2/h4-11,17,21H,3H2,1-2H3,(H2,20,22,23,25). The number of para-hydroxylation sites is 1. The van der Waals surface area contributed by atoms with Crippen LogP contribution in [-0.2, 0) is 0 Å². The molecule has 7 heteroatoms. The molecule has 1 aliphatic heterocycles. The molecule has 0 saturated carbocycles. The van der Waals surface area contributed by atoms with Gasteiger partial charge in [0.1, 0.15) is 17.6 Å². The van der Waals surface area contributed by atoms with E-state index in [-0.39, 0.29) is 6.17 Å². The fourth-order valence-corrected chi connectivity index (χ4v) is 2.97. The lowest BCUT2D eigenvalue weighted by molar-refractivity contribution is 0.414. The molecule has 0 radical (unpaired) electrons. The molecule has 0 bridgehead atoms. The van der Waals surface area contributed by atoms with Crippen LogP contribution in [0, 0.1) is 0 Å². The van der Waals surface area contributed by atoms with Crippen molar-refractivity contribution >= 4 is 17.5 Å². The van der Waals surface area contributed by atoms with Crippen LogP contribution in [0.2, 0.25) is 0 Å². The Kier molecular flexibility index (Phi) is 4.27. The van der Waals surface area contributed by atoms with Gasteiger partial charge in [0.2, 0.25) is 5.95 Å². The van der Waals surface area contributed by atoms with Gasteiger partial charge in [-0.05, 0) is 30.7 Å². The lowest BCUT2D eigenvalue weighted by atomic mass is 10.1. The summed E-state index contributed by atoms with van der Waals surface area (Å²) in [7, 11) is 1.66. The summed E-state index contributed by atoms with van der Waals surface area (Å²) in [4.78, 5) is 4.61. The highest BCUT2D eigenvalue weighted by Gasteiger charge is 2.24. The molecule has 1 atom stereocenters. The van der Waals surface area contributed by atoms with Crippen LogP contribution in [0.15, 0.2) is 48.5 Å². The highest BCUT2D eigenvalue weighted by molar-refractivity contribution is 5.84. The predicted octanol–water partition coefficient (Wildman–Crippen LogP) is 3.52. The van der Waals surface area contributed by atoms with Gasteiger partial charge in [-0.15, -0.1) is 10.2 Å². The van der Waals surface area contributed by atoms with Crippen molar-refractivity contribution in [2.24, 2.45) is 0 Å². The van der Waals surface area contributed by atoms with E-state index in [9.17, 15) is 0 Å². The molecular weight excluding hydrogens is 328 g/mol. The molecule has 0 saturated heterocycles. The van der Waals surface area contributed by atoms with Crippen molar-refractivity contribution in [3.63, 3.8) is 0 Å². The van der Waals surface area contributed by atoms with Gasteiger partial charge in [-0.1, -0.05) is 30.3 Å². The number of ether oxygens (including phenoxy) is 1. The van der Waals surface area contributed by atoms with Gasteiger partial charge >= 0.3 is 0 Å². The second-order valence-electron chi connectivity index (χ2n) is 5.91. The maximum Gasteiger partial charge on any atom is 0.244 e. The van der Waals surface area contributed by atoms with Gasteiger partial charge in [0.05, 0.1) is 7.11 Å². The third-order valence-corrected chi connectivity index (χ3v) is 4.21. The molecule has 4 rings (SSSR count). The number of hydrogen-bond donors (Lipinski definition) is 3. The van der Waals surface area contributed by atoms with Gasteiger partial charge < -0.3 is 20.7 Å². The molecule has 0 amide bonds. The molecule has 0 fully saturated rings. The number of hydrogen-bond acceptors (Lipinski definition) is 7. The van der Waals surface area contributed by atoms with Crippen molar-refractivity contribution < 1.29 is 4.74 Å². The van der Waals surface area contributed by atoms with E-state index >= 15 is 0 Å². The van der Waals surface area contributed by atoms with Crippen molar-refractivity contribution in [2.75, 3.05) is 29.6 Å². The van der Waals surface area contributed by atoms with Gasteiger partial charge in [0.15, 0.2) is 5.82 Å². The first-order valence-electron chi connectivity index (χ1n) is 8.53. The van der Waals surface area contributed by atoms with E-state index in [1.54, 1.807) is 7.11 Å². The van der Waals surface area contributed by atoms with Crippen LogP contribution < -0.4 is 20.7 Å². The summed E-state index contributed by atoms with van der Waals surface area (Å²) in [5, 5.41) is 18.7. The van der Waals surface area contributed by atoms with Crippen molar-refractivity contribution in [3.05, 3.63) is 54.1 Å². The first kappa shape index (κ1) is 16.1. The summed E-state index contributed by atoms with van der Waals surface area (Å²) < 4.78 is 5.36. The van der Waals surface area contributed by atoms with Gasteiger partial charge in [0, 0.05) is 17.8 Å². The Labute approximate surface area is 151 Å². The highest BCUT2D eigenvalue weighted by atomic mass is 16.5. The third kappa shape index (κ3) is 2.99. The Morgan fingerprint density at radius 3 is 2.81 bits per heavy atom. The van der Waals surface area contributed by atoms with E-state index in [0.29, 0.717) is 11.8 Å². The monoisotopic (exact) mass is 348 g/mol. The highest BCUT2D eigenvalue weighted by Crippen LogP contribution is 2.37. The topological polar surface area (TPSA) is 84.0 Å². The lowest BCUT2D eigenvalue weighted by Crippen LogP contribution is -2.19. The van der Waals surface area contributed by atoms with Gasteiger partial charge in [-0.25, -0.2) is 0 Å². The molecule has 0 aliphatic carbocycles. The predicted molar refractivity (Wildman–Crippen MR) is 102 cm³/mol. The number of fused-ring (bicyclic) bond motifs is 3. The van der Waals surface area contributed by atoms with E-state index < -0.39 is 0 Å². The smallest absolute Gasteiger partial charge is 0.244 e. The van der Waals surface area contributed by atoms with Crippen molar-refractivity contribution in [3.8, 4) is 17.0 Å². The van der Waals surface area contributed by atoms with Crippen LogP contribution in [0.5, 0.6) is 5.75 Å². The normalized spacial score (nSPS) is 14.9. The first-order chi connectivity index (χ1) is 12.8. The Hall–Kier alpha value is -3.35. The molecule has 3 aromatic rings. The minimum Gasteiger partial charge on any atom is -0.497 e. The molecule has 2 heterocycles. The summed E-state index contributed by atoms with van der Waals surface area (Å²) in [5.41, 5.74) is 3.69. The number of anilines is 3. The summed E-state index contributed by atoms with van der Waals surface area (Å²) >= 11 is 0. The average molecular weight is 348 g/mol. The summed E-state index contributed by atoms with van der Waals surface area (Å²) in [6, 6.07) is 16.0. The number of methoxy groups -OCH3 is 1. The second-order valence-corrected chi connectivity index (χ2v) is 5.91. The molecule has 26 heavy (non-hydrogen) atoms. The maximum absolute atomic E-state index is 5.36.